The summed E-state index contributed by atoms with van der Waals surface area (Å²) < 4.78 is 0. The molecular weight excluding hydrogens is 324 g/mol. The Morgan fingerprint density at radius 3 is 2.46 bits per heavy atom. The summed E-state index contributed by atoms with van der Waals surface area (Å²) in [4.78, 5) is 22.9. The Labute approximate surface area is 144 Å². The fourth-order valence-corrected chi connectivity index (χ4v) is 4.02. The van der Waals surface area contributed by atoms with Crippen LogP contribution in [0.15, 0.2) is 54.6 Å². The van der Waals surface area contributed by atoms with Gasteiger partial charge in [-0.2, -0.15) is 11.8 Å². The minimum Gasteiger partial charge on any atom is -0.377 e. The van der Waals surface area contributed by atoms with Gasteiger partial charge in [-0.1, -0.05) is 30.3 Å². The molecule has 124 valence electrons. The molecule has 1 N–H and O–H groups in total. The van der Waals surface area contributed by atoms with Crippen molar-refractivity contribution in [2.45, 2.75) is 12.5 Å². The number of nitrogens with zero attached hydrogens (tertiary/aromatic N) is 1. The fourth-order valence-electron chi connectivity index (χ4n) is 2.88. The number of para-hydroxylation sites is 1. The topological polar surface area (TPSA) is 72.2 Å². The normalized spacial score (nSPS) is 18.8. The van der Waals surface area contributed by atoms with Crippen molar-refractivity contribution >= 4 is 28.9 Å². The van der Waals surface area contributed by atoms with Crippen LogP contribution in [0.2, 0.25) is 0 Å². The molecule has 0 aliphatic carbocycles. The van der Waals surface area contributed by atoms with Crippen LogP contribution in [0.25, 0.3) is 0 Å². The second-order valence-corrected chi connectivity index (χ2v) is 6.88. The highest BCUT2D eigenvalue weighted by molar-refractivity contribution is 7.99. The zero-order chi connectivity index (χ0) is 16.9. The second kappa shape index (κ2) is 7.49. The highest BCUT2D eigenvalue weighted by Gasteiger charge is 2.32. The standard InChI is InChI=1S/C18H18N2O3S/c21-17-10-11-24-12-16(17)18(19-14-4-2-1-3-5-14)13-6-8-15(9-7-13)20(22)23/h1-9,16,18-19H,10-12H2/t16-,18+/m0/s1. The Bertz CT molecular complexity index is 719. The number of ketones is 1. The van der Waals surface area contributed by atoms with Crippen LogP contribution in [0, 0.1) is 16.0 Å². The molecule has 1 aliphatic heterocycles. The van der Waals surface area contributed by atoms with E-state index in [1.54, 1.807) is 23.9 Å². The molecule has 2 aromatic carbocycles. The molecular formula is C18H18N2O3S. The molecule has 0 aromatic heterocycles. The number of carbonyl (C=O) groups is 1. The number of hydrogen-bond donors (Lipinski definition) is 1. The van der Waals surface area contributed by atoms with Crippen LogP contribution in [-0.4, -0.2) is 22.2 Å². The lowest BCUT2D eigenvalue weighted by atomic mass is 9.89. The van der Waals surface area contributed by atoms with Crippen LogP contribution in [0.4, 0.5) is 11.4 Å². The van der Waals surface area contributed by atoms with E-state index in [4.69, 9.17) is 0 Å². The van der Waals surface area contributed by atoms with E-state index in [0.717, 1.165) is 22.8 Å². The maximum absolute atomic E-state index is 12.4. The lowest BCUT2D eigenvalue weighted by molar-refractivity contribution is -0.384. The van der Waals surface area contributed by atoms with Gasteiger partial charge in [0.15, 0.2) is 0 Å². The zero-order valence-corrected chi connectivity index (χ0v) is 13.9. The van der Waals surface area contributed by atoms with Crippen LogP contribution >= 0.6 is 11.8 Å². The Hall–Kier alpha value is -2.34. The van der Waals surface area contributed by atoms with Crippen molar-refractivity contribution in [3.63, 3.8) is 0 Å². The molecule has 0 bridgehead atoms. The van der Waals surface area contributed by atoms with E-state index in [1.165, 1.54) is 12.1 Å². The summed E-state index contributed by atoms with van der Waals surface area (Å²) in [6.45, 7) is 0. The molecule has 0 amide bonds. The molecule has 2 atom stereocenters. The molecule has 0 saturated carbocycles. The maximum atomic E-state index is 12.4. The van der Waals surface area contributed by atoms with Gasteiger partial charge in [-0.25, -0.2) is 0 Å². The molecule has 5 nitrogen and oxygen atoms in total. The largest absolute Gasteiger partial charge is 0.377 e. The fraction of sp³-hybridized carbons (Fsp3) is 0.278. The first-order chi connectivity index (χ1) is 11.6. The van der Waals surface area contributed by atoms with Crippen LogP contribution < -0.4 is 5.32 Å². The number of benzene rings is 2. The van der Waals surface area contributed by atoms with Gasteiger partial charge in [0.1, 0.15) is 5.78 Å². The maximum Gasteiger partial charge on any atom is 0.269 e. The molecule has 1 heterocycles. The van der Waals surface area contributed by atoms with Crippen molar-refractivity contribution in [2.75, 3.05) is 16.8 Å². The molecule has 0 radical (unpaired) electrons. The number of thioether (sulfide) groups is 1. The number of hydrogen-bond acceptors (Lipinski definition) is 5. The molecule has 6 heteroatoms. The number of nitro groups is 1. The van der Waals surface area contributed by atoms with Gasteiger partial charge in [-0.05, 0) is 17.7 Å². The molecule has 3 rings (SSSR count). The first kappa shape index (κ1) is 16.5. The summed E-state index contributed by atoms with van der Waals surface area (Å²) in [5, 5.41) is 14.3. The minimum atomic E-state index is -0.412. The quantitative estimate of drug-likeness (QED) is 0.655. The van der Waals surface area contributed by atoms with E-state index in [2.05, 4.69) is 5.32 Å². The van der Waals surface area contributed by atoms with Gasteiger partial charge in [0.05, 0.1) is 16.9 Å². The van der Waals surface area contributed by atoms with Crippen LogP contribution in [0.5, 0.6) is 0 Å². The summed E-state index contributed by atoms with van der Waals surface area (Å²) in [5.41, 5.74) is 1.89. The highest BCUT2D eigenvalue weighted by atomic mass is 32.2. The number of rotatable bonds is 5. The van der Waals surface area contributed by atoms with Gasteiger partial charge >= 0.3 is 0 Å². The van der Waals surface area contributed by atoms with E-state index in [-0.39, 0.29) is 23.4 Å². The number of Topliss-reactive ketones (excluding diaryl/α,β-unsaturated/α-hetero) is 1. The molecule has 1 fully saturated rings. The van der Waals surface area contributed by atoms with E-state index >= 15 is 0 Å². The van der Waals surface area contributed by atoms with Crippen LogP contribution in [0.1, 0.15) is 18.0 Å². The van der Waals surface area contributed by atoms with E-state index < -0.39 is 4.92 Å². The summed E-state index contributed by atoms with van der Waals surface area (Å²) >= 11 is 1.78. The van der Waals surface area contributed by atoms with Gasteiger partial charge in [0, 0.05) is 35.7 Å². The van der Waals surface area contributed by atoms with Gasteiger partial charge < -0.3 is 5.32 Å². The van der Waals surface area contributed by atoms with Crippen molar-refractivity contribution < 1.29 is 9.72 Å². The van der Waals surface area contributed by atoms with E-state index in [1.807, 2.05) is 30.3 Å². The number of anilines is 1. The Morgan fingerprint density at radius 1 is 1.12 bits per heavy atom. The lowest BCUT2D eigenvalue weighted by Gasteiger charge is -2.30. The van der Waals surface area contributed by atoms with Gasteiger partial charge in [-0.15, -0.1) is 0 Å². The second-order valence-electron chi connectivity index (χ2n) is 5.73. The lowest BCUT2D eigenvalue weighted by Crippen LogP contribution is -2.32. The van der Waals surface area contributed by atoms with Gasteiger partial charge in [0.2, 0.25) is 0 Å². The molecule has 0 spiro atoms. The average molecular weight is 342 g/mol. The first-order valence-corrected chi connectivity index (χ1v) is 8.97. The van der Waals surface area contributed by atoms with Crippen molar-refractivity contribution in [3.05, 3.63) is 70.3 Å². The monoisotopic (exact) mass is 342 g/mol. The third kappa shape index (κ3) is 3.76. The average Bonchev–Trinajstić information content (AvgIpc) is 2.61. The summed E-state index contributed by atoms with van der Waals surface area (Å²) in [6, 6.07) is 16.0. The number of nitrogens with one attached hydrogen (secondary N) is 1. The minimum absolute atomic E-state index is 0.0570. The molecule has 0 unspecified atom stereocenters. The number of nitro benzene ring substituents is 1. The van der Waals surface area contributed by atoms with Crippen molar-refractivity contribution in [1.29, 1.82) is 0 Å². The van der Waals surface area contributed by atoms with Crippen molar-refractivity contribution in [2.24, 2.45) is 5.92 Å². The summed E-state index contributed by atoms with van der Waals surface area (Å²) in [6.07, 6.45) is 0.579. The van der Waals surface area contributed by atoms with Gasteiger partial charge in [-0.3, -0.25) is 14.9 Å². The Kier molecular flexibility index (Phi) is 5.15. The van der Waals surface area contributed by atoms with Crippen LogP contribution in [-0.2, 0) is 4.79 Å². The summed E-state index contributed by atoms with van der Waals surface area (Å²) in [5.74, 6) is 1.75. The third-order valence-electron chi connectivity index (χ3n) is 4.17. The molecule has 24 heavy (non-hydrogen) atoms. The van der Waals surface area contributed by atoms with Gasteiger partial charge in [0.25, 0.3) is 5.69 Å². The number of non-ortho nitro benzene ring substituents is 1. The molecule has 1 aliphatic rings. The van der Waals surface area contributed by atoms with E-state index in [9.17, 15) is 14.9 Å². The molecule has 1 saturated heterocycles. The van der Waals surface area contributed by atoms with E-state index in [0.29, 0.717) is 6.42 Å². The first-order valence-electron chi connectivity index (χ1n) is 7.81. The predicted molar refractivity (Wildman–Crippen MR) is 96.3 cm³/mol. The Balaban J connectivity index is 1.91. The van der Waals surface area contributed by atoms with Crippen molar-refractivity contribution in [1.82, 2.24) is 0 Å². The Morgan fingerprint density at radius 2 is 1.83 bits per heavy atom. The third-order valence-corrected chi connectivity index (χ3v) is 5.25. The highest BCUT2D eigenvalue weighted by Crippen LogP contribution is 2.34. The van der Waals surface area contributed by atoms with Crippen molar-refractivity contribution in [3.8, 4) is 0 Å². The molecule has 2 aromatic rings. The predicted octanol–water partition coefficient (Wildman–Crippen LogP) is 4.07. The number of carbonyl (C=O) groups excluding carboxylic acids is 1. The summed E-state index contributed by atoms with van der Waals surface area (Å²) in [7, 11) is 0. The smallest absolute Gasteiger partial charge is 0.269 e. The van der Waals surface area contributed by atoms with Crippen LogP contribution in [0.3, 0.4) is 0 Å². The zero-order valence-electron chi connectivity index (χ0n) is 13.1. The SMILES string of the molecule is O=C1CCSC[C@@H]1[C@H](Nc1ccccc1)c1ccc([N+](=O)[O-])cc1.